The number of hydrogen-bond donors (Lipinski definition) is 1. The van der Waals surface area contributed by atoms with E-state index in [9.17, 15) is 54.0 Å². The summed E-state index contributed by atoms with van der Waals surface area (Å²) in [6.45, 7) is 7.48. The molecule has 0 heterocycles. The molecule has 0 radical (unpaired) electrons. The van der Waals surface area contributed by atoms with Gasteiger partial charge in [-0.05, 0) is 51.9 Å². The highest BCUT2D eigenvalue weighted by molar-refractivity contribution is 6.21. The monoisotopic (exact) mass is 533 g/mol. The molecule has 1 fully saturated rings. The molecular weight excluding hydrogens is 500 g/mol. The number of carboxylic acid groups (broad SMARTS) is 1. The van der Waals surface area contributed by atoms with Crippen LogP contribution in [0.15, 0.2) is 22.7 Å². The molecule has 11 heteroatoms. The predicted molar refractivity (Wildman–Crippen MR) is 125 cm³/mol. The zero-order chi connectivity index (χ0) is 29.5. The Labute approximate surface area is 220 Å². The molecule has 0 aromatic carbocycles. The molecule has 1 N–H and O–H groups in total. The van der Waals surface area contributed by atoms with E-state index in [0.717, 1.165) is 6.92 Å². The summed E-state index contributed by atoms with van der Waals surface area (Å²) in [6, 6.07) is 0. The molecule has 0 aromatic heterocycles. The lowest BCUT2D eigenvalue weighted by atomic mass is 9.78. The van der Waals surface area contributed by atoms with Crippen LogP contribution in [0.3, 0.4) is 0 Å². The van der Waals surface area contributed by atoms with Crippen LogP contribution in [0.2, 0.25) is 0 Å². The Morgan fingerprint density at radius 1 is 0.763 bits per heavy atom. The SMILES string of the molecule is CC(=O)C1=C([O-])CC(C)CC1=O.CC(=O)C1=C([O-])CC(C)CC1O.CC(=O)C1C(=O)CC(C(=O)[O-])CC1=O. The highest BCUT2D eigenvalue weighted by atomic mass is 16.4. The Hall–Kier alpha value is -3.47. The number of ketones is 6. The maximum absolute atomic E-state index is 11.2. The van der Waals surface area contributed by atoms with E-state index in [4.69, 9.17) is 0 Å². The molecular formula is C27H33O11-3. The van der Waals surface area contributed by atoms with E-state index in [1.807, 2.05) is 13.8 Å². The third kappa shape index (κ3) is 8.83. The van der Waals surface area contributed by atoms with Crippen LogP contribution >= 0.6 is 0 Å². The number of aliphatic hydroxyl groups is 1. The van der Waals surface area contributed by atoms with Gasteiger partial charge in [0.1, 0.15) is 11.7 Å². The van der Waals surface area contributed by atoms with Crippen molar-refractivity contribution in [3.05, 3.63) is 22.7 Å². The van der Waals surface area contributed by atoms with Crippen LogP contribution in [0.1, 0.15) is 73.1 Å². The third-order valence-corrected chi connectivity index (χ3v) is 6.43. The number of carbonyl (C=O) groups is 7. The number of aliphatic carboxylic acids is 1. The Bertz CT molecular complexity index is 1060. The van der Waals surface area contributed by atoms with Gasteiger partial charge in [0.25, 0.3) is 0 Å². The maximum Gasteiger partial charge on any atom is 0.165 e. The van der Waals surface area contributed by atoms with Gasteiger partial charge in [-0.25, -0.2) is 0 Å². The van der Waals surface area contributed by atoms with Crippen LogP contribution in [0.4, 0.5) is 0 Å². The summed E-state index contributed by atoms with van der Waals surface area (Å²) >= 11 is 0. The molecule has 3 rings (SSSR count). The number of aliphatic hydroxyl groups excluding tert-OH is 1. The van der Waals surface area contributed by atoms with Gasteiger partial charge < -0.3 is 25.2 Å². The molecule has 3 aliphatic carbocycles. The van der Waals surface area contributed by atoms with Gasteiger partial charge in [-0.2, -0.15) is 0 Å². The van der Waals surface area contributed by atoms with Gasteiger partial charge in [-0.1, -0.05) is 13.8 Å². The van der Waals surface area contributed by atoms with Gasteiger partial charge in [-0.3, -0.25) is 28.8 Å². The normalized spacial score (nSPS) is 27.5. The first-order valence-electron chi connectivity index (χ1n) is 12.3. The summed E-state index contributed by atoms with van der Waals surface area (Å²) in [7, 11) is 0. The Balaban J connectivity index is 0.000000286. The number of hydrogen-bond acceptors (Lipinski definition) is 11. The number of carbonyl (C=O) groups excluding carboxylic acids is 7. The standard InChI is InChI=1S/C9H10O5.C9H14O3.C9H12O3/c1-4(10)8-6(11)2-5(9(13)14)3-7(8)12;2*1-5-3-7(11)9(6(2)10)8(12)4-5/h5,8H,2-3H2,1H3,(H,13,14);5,7,11-12H,3-4H2,1-2H3;5,11H,3-4H2,1-2H3/p-3. The summed E-state index contributed by atoms with van der Waals surface area (Å²) < 4.78 is 0. The van der Waals surface area contributed by atoms with Gasteiger partial charge in [0, 0.05) is 42.3 Å². The van der Waals surface area contributed by atoms with E-state index >= 15 is 0 Å². The van der Waals surface area contributed by atoms with E-state index in [-0.39, 0.29) is 58.9 Å². The fraction of sp³-hybridized carbons (Fsp3) is 0.593. The minimum atomic E-state index is -1.41. The quantitative estimate of drug-likeness (QED) is 0.330. The number of carboxylic acids is 1. The molecule has 0 aromatic rings. The van der Waals surface area contributed by atoms with E-state index in [2.05, 4.69) is 0 Å². The Morgan fingerprint density at radius 3 is 1.63 bits per heavy atom. The molecule has 0 aliphatic heterocycles. The van der Waals surface area contributed by atoms with Crippen LogP contribution in [0, 0.1) is 23.7 Å². The highest BCUT2D eigenvalue weighted by Crippen LogP contribution is 2.27. The lowest BCUT2D eigenvalue weighted by Gasteiger charge is -2.31. The van der Waals surface area contributed by atoms with Crippen molar-refractivity contribution < 1.29 is 54.0 Å². The molecule has 1 saturated carbocycles. The number of Topliss-reactive ketones (excluding diaryl/α,β-unsaturated/α-hetero) is 6. The molecule has 0 spiro atoms. The smallest absolute Gasteiger partial charge is 0.165 e. The molecule has 3 aliphatic rings. The van der Waals surface area contributed by atoms with Crippen LogP contribution < -0.4 is 15.3 Å². The molecule has 0 saturated heterocycles. The Kier molecular flexibility index (Phi) is 11.9. The van der Waals surface area contributed by atoms with Gasteiger partial charge in [0.15, 0.2) is 28.9 Å². The minimum absolute atomic E-state index is 0.0908. The summed E-state index contributed by atoms with van der Waals surface area (Å²) in [5.74, 6) is -6.61. The fourth-order valence-corrected chi connectivity index (χ4v) is 4.68. The summed E-state index contributed by atoms with van der Waals surface area (Å²) in [5, 5.41) is 42.2. The van der Waals surface area contributed by atoms with E-state index < -0.39 is 47.0 Å². The second-order valence-corrected chi connectivity index (χ2v) is 10.1. The molecule has 11 nitrogen and oxygen atoms in total. The minimum Gasteiger partial charge on any atom is -0.875 e. The molecule has 3 atom stereocenters. The van der Waals surface area contributed by atoms with E-state index in [1.54, 1.807) is 0 Å². The van der Waals surface area contributed by atoms with Crippen molar-refractivity contribution in [2.24, 2.45) is 23.7 Å². The lowest BCUT2D eigenvalue weighted by Crippen LogP contribution is -2.43. The van der Waals surface area contributed by atoms with Crippen LogP contribution in [0.5, 0.6) is 0 Å². The highest BCUT2D eigenvalue weighted by Gasteiger charge is 2.38. The van der Waals surface area contributed by atoms with Crippen LogP contribution in [-0.2, 0) is 33.6 Å². The van der Waals surface area contributed by atoms with Gasteiger partial charge >= 0.3 is 0 Å². The summed E-state index contributed by atoms with van der Waals surface area (Å²) in [4.78, 5) is 76.7. The first-order valence-corrected chi connectivity index (χ1v) is 12.3. The maximum atomic E-state index is 11.2. The Morgan fingerprint density at radius 2 is 1.26 bits per heavy atom. The van der Waals surface area contributed by atoms with Crippen molar-refractivity contribution in [2.45, 2.75) is 79.2 Å². The summed E-state index contributed by atoms with van der Waals surface area (Å²) in [5.41, 5.74) is -0.0128. The third-order valence-electron chi connectivity index (χ3n) is 6.43. The average Bonchev–Trinajstić information content (AvgIpc) is 2.71. The second kappa shape index (κ2) is 13.9. The first kappa shape index (κ1) is 32.6. The fourth-order valence-electron chi connectivity index (χ4n) is 4.68. The van der Waals surface area contributed by atoms with Crippen molar-refractivity contribution in [1.82, 2.24) is 0 Å². The van der Waals surface area contributed by atoms with Crippen molar-refractivity contribution in [3.8, 4) is 0 Å². The number of rotatable bonds is 4. The first-order chi connectivity index (χ1) is 17.5. The van der Waals surface area contributed by atoms with Gasteiger partial charge in [-0.15, -0.1) is 11.5 Å². The van der Waals surface area contributed by atoms with Crippen LogP contribution in [0.25, 0.3) is 0 Å². The van der Waals surface area contributed by atoms with Crippen molar-refractivity contribution in [2.75, 3.05) is 0 Å². The largest absolute Gasteiger partial charge is 0.875 e. The molecule has 38 heavy (non-hydrogen) atoms. The van der Waals surface area contributed by atoms with Crippen molar-refractivity contribution in [3.63, 3.8) is 0 Å². The second-order valence-electron chi connectivity index (χ2n) is 10.1. The zero-order valence-corrected chi connectivity index (χ0v) is 22.2. The number of allylic oxidation sites excluding steroid dienone is 3. The van der Waals surface area contributed by atoms with E-state index in [1.165, 1.54) is 13.8 Å². The van der Waals surface area contributed by atoms with E-state index in [0.29, 0.717) is 25.7 Å². The van der Waals surface area contributed by atoms with Crippen molar-refractivity contribution in [1.29, 1.82) is 0 Å². The molecule has 3 unspecified atom stereocenters. The van der Waals surface area contributed by atoms with Crippen LogP contribution in [-0.4, -0.2) is 51.9 Å². The lowest BCUT2D eigenvalue weighted by molar-refractivity contribution is -0.313. The predicted octanol–water partition coefficient (Wildman–Crippen LogP) is -1.34. The summed E-state index contributed by atoms with van der Waals surface area (Å²) in [6.07, 6.45) is 0.198. The van der Waals surface area contributed by atoms with Crippen molar-refractivity contribution >= 4 is 40.7 Å². The zero-order valence-electron chi connectivity index (χ0n) is 22.2. The molecule has 0 bridgehead atoms. The molecule has 0 amide bonds. The van der Waals surface area contributed by atoms with Gasteiger partial charge in [0.2, 0.25) is 0 Å². The van der Waals surface area contributed by atoms with Gasteiger partial charge in [0.05, 0.1) is 6.10 Å². The average molecular weight is 534 g/mol. The molecule has 210 valence electrons. The topological polar surface area (TPSA) is 209 Å².